The van der Waals surface area contributed by atoms with Gasteiger partial charge in [-0.2, -0.15) is 13.2 Å². The summed E-state index contributed by atoms with van der Waals surface area (Å²) in [7, 11) is 0. The summed E-state index contributed by atoms with van der Waals surface area (Å²) in [5.74, 6) is 1.00. The quantitative estimate of drug-likeness (QED) is 0.483. The first-order valence-corrected chi connectivity index (χ1v) is 11.4. The van der Waals surface area contributed by atoms with Gasteiger partial charge in [0.2, 0.25) is 0 Å². The number of rotatable bonds is 6. The Labute approximate surface area is 200 Å². The maximum Gasteiger partial charge on any atom is 0.433 e. The number of urea groups is 1. The number of aryl methyl sites for hydroxylation is 1. The minimum Gasteiger partial charge on any atom is -0.331 e. The molecule has 2 amide bonds. The largest absolute Gasteiger partial charge is 0.433 e. The highest BCUT2D eigenvalue weighted by Gasteiger charge is 2.35. The molecule has 1 aliphatic rings. The van der Waals surface area contributed by atoms with Crippen LogP contribution in [-0.4, -0.2) is 37.2 Å². The third-order valence-electron chi connectivity index (χ3n) is 6.22. The van der Waals surface area contributed by atoms with Crippen LogP contribution in [0.1, 0.15) is 66.7 Å². The fourth-order valence-electron chi connectivity index (χ4n) is 4.32. The van der Waals surface area contributed by atoms with Crippen molar-refractivity contribution in [2.24, 2.45) is 0 Å². The number of halogens is 4. The Morgan fingerprint density at radius 3 is 2.54 bits per heavy atom. The van der Waals surface area contributed by atoms with Crippen LogP contribution >= 0.6 is 0 Å². The number of nitrogens with one attached hydrogen (secondary N) is 1. The van der Waals surface area contributed by atoms with E-state index in [4.69, 9.17) is 0 Å². The summed E-state index contributed by atoms with van der Waals surface area (Å²) in [5, 5.41) is 11.5. The Kier molecular flexibility index (Phi) is 7.04. The Morgan fingerprint density at radius 2 is 1.91 bits per heavy atom. The summed E-state index contributed by atoms with van der Waals surface area (Å²) in [4.78, 5) is 18.4. The van der Waals surface area contributed by atoms with E-state index in [-0.39, 0.29) is 17.9 Å². The first kappa shape index (κ1) is 24.6. The van der Waals surface area contributed by atoms with E-state index < -0.39 is 17.9 Å². The average Bonchev–Trinajstić information content (AvgIpc) is 3.45. The molecule has 1 fully saturated rings. The minimum atomic E-state index is -4.52. The lowest BCUT2D eigenvalue weighted by Gasteiger charge is -2.27. The van der Waals surface area contributed by atoms with E-state index in [1.54, 1.807) is 17.0 Å². The zero-order chi connectivity index (χ0) is 25.2. The van der Waals surface area contributed by atoms with Crippen LogP contribution < -0.4 is 5.32 Å². The number of aromatic nitrogens is 4. The zero-order valence-corrected chi connectivity index (χ0v) is 19.4. The van der Waals surface area contributed by atoms with E-state index in [1.165, 1.54) is 18.2 Å². The van der Waals surface area contributed by atoms with Gasteiger partial charge in [0.25, 0.3) is 0 Å². The molecule has 1 saturated heterocycles. The molecule has 2 aromatic heterocycles. The van der Waals surface area contributed by atoms with E-state index in [9.17, 15) is 22.4 Å². The van der Waals surface area contributed by atoms with Crippen LogP contribution in [0.3, 0.4) is 0 Å². The fourth-order valence-corrected chi connectivity index (χ4v) is 4.32. The van der Waals surface area contributed by atoms with Crippen molar-refractivity contribution in [3.8, 4) is 0 Å². The maximum atomic E-state index is 13.3. The lowest BCUT2D eigenvalue weighted by molar-refractivity contribution is -0.141. The molecule has 7 nitrogen and oxygen atoms in total. The van der Waals surface area contributed by atoms with Crippen LogP contribution in [0.5, 0.6) is 0 Å². The van der Waals surface area contributed by atoms with Gasteiger partial charge in [0.1, 0.15) is 17.3 Å². The van der Waals surface area contributed by atoms with Gasteiger partial charge in [-0.1, -0.05) is 25.1 Å². The zero-order valence-electron chi connectivity index (χ0n) is 19.4. The smallest absolute Gasteiger partial charge is 0.331 e. The van der Waals surface area contributed by atoms with Crippen LogP contribution in [0.4, 0.5) is 22.4 Å². The summed E-state index contributed by atoms with van der Waals surface area (Å²) in [6.07, 6.45) is -1.40. The number of nitrogens with zero attached hydrogens (tertiary/aromatic N) is 5. The molecule has 0 spiro atoms. The monoisotopic (exact) mass is 490 g/mol. The number of pyridine rings is 1. The van der Waals surface area contributed by atoms with Crippen LogP contribution in [0.25, 0.3) is 0 Å². The van der Waals surface area contributed by atoms with E-state index in [2.05, 4.69) is 20.5 Å². The van der Waals surface area contributed by atoms with Crippen LogP contribution in [-0.2, 0) is 12.7 Å². The number of likely N-dealkylation sites (tertiary alicyclic amines) is 1. The molecule has 3 aromatic rings. The number of amides is 2. The third-order valence-corrected chi connectivity index (χ3v) is 6.22. The Morgan fingerprint density at radius 1 is 1.17 bits per heavy atom. The molecular weight excluding hydrogens is 464 g/mol. The summed E-state index contributed by atoms with van der Waals surface area (Å²) >= 11 is 0. The minimum absolute atomic E-state index is 0.306. The lowest BCUT2D eigenvalue weighted by atomic mass is 10.1. The van der Waals surface area contributed by atoms with E-state index in [1.807, 2.05) is 18.4 Å². The van der Waals surface area contributed by atoms with Gasteiger partial charge in [-0.15, -0.1) is 10.2 Å². The molecule has 11 heteroatoms. The summed E-state index contributed by atoms with van der Waals surface area (Å²) < 4.78 is 53.7. The van der Waals surface area contributed by atoms with Crippen molar-refractivity contribution in [1.82, 2.24) is 30.0 Å². The fraction of sp³-hybridized carbons (Fsp3) is 0.417. The predicted molar refractivity (Wildman–Crippen MR) is 120 cm³/mol. The van der Waals surface area contributed by atoms with Gasteiger partial charge in [0, 0.05) is 12.7 Å². The second kappa shape index (κ2) is 10.0. The summed E-state index contributed by atoms with van der Waals surface area (Å²) in [5.41, 5.74) is 0.406. The van der Waals surface area contributed by atoms with Gasteiger partial charge in [-0.3, -0.25) is 4.98 Å². The molecule has 0 aliphatic carbocycles. The Balaban J connectivity index is 1.51. The molecule has 1 aromatic carbocycles. The highest BCUT2D eigenvalue weighted by molar-refractivity contribution is 5.75. The second-order valence-corrected chi connectivity index (χ2v) is 8.55. The molecule has 0 radical (unpaired) electrons. The standard InChI is InChI=1S/C24H26F4N6O/c1-3-19(17-8-11-21(29-13-17)24(26,27)28)30-23(35)33-12-4-5-20(33)22-32-31-15(2)34(22)14-16-6-9-18(25)10-7-16/h6-11,13,19-20H,3-5,12,14H2,1-2H3,(H,30,35)/t19-,20+/m0/s1. The molecule has 4 rings (SSSR count). The predicted octanol–water partition coefficient (Wildman–Crippen LogP) is 5.19. The van der Waals surface area contributed by atoms with E-state index in [0.29, 0.717) is 43.1 Å². The highest BCUT2D eigenvalue weighted by Crippen LogP contribution is 2.33. The number of hydrogen-bond donors (Lipinski definition) is 1. The first-order valence-electron chi connectivity index (χ1n) is 11.4. The topological polar surface area (TPSA) is 75.9 Å². The number of carbonyl (C=O) groups excluding carboxylic acids is 1. The normalized spacial score (nSPS) is 17.0. The lowest BCUT2D eigenvalue weighted by Crippen LogP contribution is -2.41. The number of hydrogen-bond acceptors (Lipinski definition) is 4. The van der Waals surface area contributed by atoms with Gasteiger partial charge in [-0.05, 0) is 55.5 Å². The maximum absolute atomic E-state index is 13.3. The van der Waals surface area contributed by atoms with Crippen molar-refractivity contribution in [3.05, 3.63) is 76.9 Å². The molecule has 0 unspecified atom stereocenters. The molecule has 0 bridgehead atoms. The number of alkyl halides is 3. The molecule has 186 valence electrons. The third kappa shape index (κ3) is 5.44. The molecule has 2 atom stereocenters. The van der Waals surface area contributed by atoms with Crippen molar-refractivity contribution < 1.29 is 22.4 Å². The molecular formula is C24H26F4N6O. The molecule has 1 aliphatic heterocycles. The van der Waals surface area contributed by atoms with Crippen molar-refractivity contribution in [1.29, 1.82) is 0 Å². The second-order valence-electron chi connectivity index (χ2n) is 8.55. The molecule has 3 heterocycles. The van der Waals surface area contributed by atoms with Gasteiger partial charge >= 0.3 is 12.2 Å². The first-order chi connectivity index (χ1) is 16.7. The van der Waals surface area contributed by atoms with Gasteiger partial charge in [0.05, 0.1) is 18.6 Å². The molecule has 0 saturated carbocycles. The Hall–Kier alpha value is -3.50. The molecule has 1 N–H and O–H groups in total. The van der Waals surface area contributed by atoms with Crippen molar-refractivity contribution >= 4 is 6.03 Å². The highest BCUT2D eigenvalue weighted by atomic mass is 19.4. The average molecular weight is 491 g/mol. The Bertz CT molecular complexity index is 1160. The summed E-state index contributed by atoms with van der Waals surface area (Å²) in [6, 6.07) is 7.32. The molecule has 35 heavy (non-hydrogen) atoms. The van der Waals surface area contributed by atoms with E-state index >= 15 is 0 Å². The van der Waals surface area contributed by atoms with Gasteiger partial charge < -0.3 is 14.8 Å². The van der Waals surface area contributed by atoms with Crippen LogP contribution in [0.15, 0.2) is 42.6 Å². The SMILES string of the molecule is CC[C@H](NC(=O)N1CCC[C@@H]1c1nnc(C)n1Cc1ccc(F)cc1)c1ccc(C(F)(F)F)nc1. The summed E-state index contributed by atoms with van der Waals surface area (Å²) in [6.45, 7) is 4.62. The van der Waals surface area contributed by atoms with Crippen molar-refractivity contribution in [2.45, 2.75) is 57.9 Å². The van der Waals surface area contributed by atoms with Crippen LogP contribution in [0, 0.1) is 12.7 Å². The van der Waals surface area contributed by atoms with Crippen molar-refractivity contribution in [3.63, 3.8) is 0 Å². The van der Waals surface area contributed by atoms with Crippen LogP contribution in [0.2, 0.25) is 0 Å². The van der Waals surface area contributed by atoms with Gasteiger partial charge in [-0.25, -0.2) is 9.18 Å². The number of carbonyl (C=O) groups is 1. The number of benzene rings is 1. The van der Waals surface area contributed by atoms with Gasteiger partial charge in [0.15, 0.2) is 5.82 Å². The van der Waals surface area contributed by atoms with Crippen molar-refractivity contribution in [2.75, 3.05) is 6.54 Å². The van der Waals surface area contributed by atoms with E-state index in [0.717, 1.165) is 24.2 Å².